The Morgan fingerprint density at radius 3 is 2.73 bits per heavy atom. The Labute approximate surface area is 172 Å². The van der Waals surface area contributed by atoms with Crippen LogP contribution in [0, 0.1) is 27.3 Å². The largest absolute Gasteiger partial charge is 0.382 e. The standard InChI is InChI=1S/C20H20FN5O4/c21-17-2-1-3-18(16(17)13-22)23-6-7-24-20(27)15-12-14(26(28)29)4-5-19(15)25-8-10-30-11-9-25/h1-5,12,23H,6-11H2,(H,24,27). The van der Waals surface area contributed by atoms with Crippen LogP contribution in [0.2, 0.25) is 0 Å². The molecule has 1 aliphatic rings. The first kappa shape index (κ1) is 21.0. The summed E-state index contributed by atoms with van der Waals surface area (Å²) in [6.45, 7) is 2.59. The monoisotopic (exact) mass is 413 g/mol. The number of nitrogens with zero attached hydrogens (tertiary/aromatic N) is 3. The number of nitriles is 1. The zero-order valence-corrected chi connectivity index (χ0v) is 16.1. The molecular weight excluding hydrogens is 393 g/mol. The number of anilines is 2. The van der Waals surface area contributed by atoms with E-state index in [-0.39, 0.29) is 29.9 Å². The van der Waals surface area contributed by atoms with Crippen LogP contribution >= 0.6 is 0 Å². The second kappa shape index (κ2) is 9.67. The fraction of sp³-hybridized carbons (Fsp3) is 0.300. The maximum Gasteiger partial charge on any atom is 0.270 e. The van der Waals surface area contributed by atoms with Crippen LogP contribution in [0.25, 0.3) is 0 Å². The van der Waals surface area contributed by atoms with Crippen molar-refractivity contribution in [3.63, 3.8) is 0 Å². The first-order valence-electron chi connectivity index (χ1n) is 9.33. The summed E-state index contributed by atoms with van der Waals surface area (Å²) in [4.78, 5) is 25.3. The molecule has 0 aliphatic carbocycles. The Kier molecular flexibility index (Phi) is 6.77. The van der Waals surface area contributed by atoms with Crippen LogP contribution in [0.15, 0.2) is 36.4 Å². The molecule has 1 fully saturated rings. The van der Waals surface area contributed by atoms with Crippen molar-refractivity contribution in [2.24, 2.45) is 0 Å². The Morgan fingerprint density at radius 2 is 2.03 bits per heavy atom. The SMILES string of the molecule is N#Cc1c(F)cccc1NCCNC(=O)c1cc([N+](=O)[O-])ccc1N1CCOCC1. The van der Waals surface area contributed by atoms with Crippen molar-refractivity contribution in [2.45, 2.75) is 0 Å². The second-order valence-corrected chi connectivity index (χ2v) is 6.51. The van der Waals surface area contributed by atoms with Crippen LogP contribution < -0.4 is 15.5 Å². The third-order valence-electron chi connectivity index (χ3n) is 4.64. The molecule has 30 heavy (non-hydrogen) atoms. The number of amides is 1. The number of halogens is 1. The lowest BCUT2D eigenvalue weighted by molar-refractivity contribution is -0.384. The normalized spacial score (nSPS) is 13.4. The summed E-state index contributed by atoms with van der Waals surface area (Å²) in [6.07, 6.45) is 0. The van der Waals surface area contributed by atoms with Crippen LogP contribution in [-0.2, 0) is 4.74 Å². The second-order valence-electron chi connectivity index (χ2n) is 6.51. The molecule has 10 heteroatoms. The number of hydrogen-bond donors (Lipinski definition) is 2. The fourth-order valence-corrected chi connectivity index (χ4v) is 3.15. The van der Waals surface area contributed by atoms with Crippen molar-refractivity contribution in [1.29, 1.82) is 5.26 Å². The molecule has 2 aromatic carbocycles. The number of nitro benzene ring substituents is 1. The van der Waals surface area contributed by atoms with Gasteiger partial charge in [-0.05, 0) is 18.2 Å². The summed E-state index contributed by atoms with van der Waals surface area (Å²) in [7, 11) is 0. The zero-order valence-electron chi connectivity index (χ0n) is 16.1. The Hall–Kier alpha value is -3.71. The number of carbonyl (C=O) groups excluding carboxylic acids is 1. The van der Waals surface area contributed by atoms with Gasteiger partial charge in [0.1, 0.15) is 17.4 Å². The summed E-state index contributed by atoms with van der Waals surface area (Å²) >= 11 is 0. The summed E-state index contributed by atoms with van der Waals surface area (Å²) in [6, 6.07) is 10.2. The summed E-state index contributed by atoms with van der Waals surface area (Å²) in [5, 5.41) is 25.8. The van der Waals surface area contributed by atoms with E-state index in [1.165, 1.54) is 24.3 Å². The van der Waals surface area contributed by atoms with Gasteiger partial charge in [0.15, 0.2) is 0 Å². The topological polar surface area (TPSA) is 121 Å². The highest BCUT2D eigenvalue weighted by molar-refractivity contribution is 6.00. The molecule has 1 amide bonds. The number of rotatable bonds is 7. The molecular formula is C20H20FN5O4. The molecule has 0 atom stereocenters. The molecule has 0 bridgehead atoms. The van der Waals surface area contributed by atoms with Gasteiger partial charge >= 0.3 is 0 Å². The molecule has 1 heterocycles. The zero-order chi connectivity index (χ0) is 21.5. The molecule has 9 nitrogen and oxygen atoms in total. The number of benzene rings is 2. The smallest absolute Gasteiger partial charge is 0.270 e. The lowest BCUT2D eigenvalue weighted by atomic mass is 10.1. The predicted molar refractivity (Wildman–Crippen MR) is 108 cm³/mol. The number of morpholine rings is 1. The van der Waals surface area contributed by atoms with E-state index < -0.39 is 16.6 Å². The molecule has 1 aliphatic heterocycles. The molecule has 0 aromatic heterocycles. The van der Waals surface area contributed by atoms with E-state index in [1.807, 2.05) is 4.90 Å². The van der Waals surface area contributed by atoms with Gasteiger partial charge in [0, 0.05) is 38.3 Å². The van der Waals surface area contributed by atoms with Crippen LogP contribution in [0.3, 0.4) is 0 Å². The first-order chi connectivity index (χ1) is 14.5. The number of carbonyl (C=O) groups is 1. The van der Waals surface area contributed by atoms with E-state index >= 15 is 0 Å². The quantitative estimate of drug-likeness (QED) is 0.406. The van der Waals surface area contributed by atoms with E-state index in [2.05, 4.69) is 10.6 Å². The van der Waals surface area contributed by atoms with Gasteiger partial charge < -0.3 is 20.3 Å². The molecule has 3 rings (SSSR count). The molecule has 2 N–H and O–H groups in total. The van der Waals surface area contributed by atoms with Crippen molar-refractivity contribution in [3.8, 4) is 6.07 Å². The molecule has 0 radical (unpaired) electrons. The molecule has 1 saturated heterocycles. The highest BCUT2D eigenvalue weighted by Gasteiger charge is 2.22. The van der Waals surface area contributed by atoms with Crippen molar-refractivity contribution in [1.82, 2.24) is 5.32 Å². The van der Waals surface area contributed by atoms with E-state index in [9.17, 15) is 19.3 Å². The van der Waals surface area contributed by atoms with E-state index in [4.69, 9.17) is 10.00 Å². The maximum atomic E-state index is 13.6. The van der Waals surface area contributed by atoms with Gasteiger partial charge in [-0.25, -0.2) is 4.39 Å². The van der Waals surface area contributed by atoms with Gasteiger partial charge in [-0.3, -0.25) is 14.9 Å². The highest BCUT2D eigenvalue weighted by Crippen LogP contribution is 2.26. The molecule has 156 valence electrons. The van der Waals surface area contributed by atoms with Gasteiger partial charge in [-0.2, -0.15) is 5.26 Å². The van der Waals surface area contributed by atoms with E-state index in [0.29, 0.717) is 37.7 Å². The molecule has 0 spiro atoms. The number of nitro groups is 1. The van der Waals surface area contributed by atoms with Gasteiger partial charge in [-0.15, -0.1) is 0 Å². The average molecular weight is 413 g/mol. The lowest BCUT2D eigenvalue weighted by Crippen LogP contribution is -2.38. The minimum atomic E-state index is -0.627. The minimum absolute atomic E-state index is 0.0999. The fourth-order valence-electron chi connectivity index (χ4n) is 3.15. The lowest BCUT2D eigenvalue weighted by Gasteiger charge is -2.30. The summed E-state index contributed by atoms with van der Waals surface area (Å²) in [5.74, 6) is -1.08. The van der Waals surface area contributed by atoms with Crippen molar-refractivity contribution in [3.05, 3.63) is 63.5 Å². The first-order valence-corrected chi connectivity index (χ1v) is 9.33. The van der Waals surface area contributed by atoms with E-state index in [0.717, 1.165) is 0 Å². The van der Waals surface area contributed by atoms with Crippen LogP contribution in [0.5, 0.6) is 0 Å². The maximum absolute atomic E-state index is 13.6. The average Bonchev–Trinajstić information content (AvgIpc) is 2.76. The number of ether oxygens (including phenoxy) is 1. The molecule has 0 unspecified atom stereocenters. The Balaban J connectivity index is 1.68. The predicted octanol–water partition coefficient (Wildman–Crippen LogP) is 2.28. The number of non-ortho nitro benzene ring substituents is 1. The van der Waals surface area contributed by atoms with Gasteiger partial charge in [-0.1, -0.05) is 6.07 Å². The van der Waals surface area contributed by atoms with E-state index in [1.54, 1.807) is 18.2 Å². The van der Waals surface area contributed by atoms with Crippen LogP contribution in [0.4, 0.5) is 21.5 Å². The third-order valence-corrected chi connectivity index (χ3v) is 4.64. The highest BCUT2D eigenvalue weighted by atomic mass is 19.1. The van der Waals surface area contributed by atoms with Crippen molar-refractivity contribution < 1.29 is 18.8 Å². The van der Waals surface area contributed by atoms with Gasteiger partial charge in [0.2, 0.25) is 0 Å². The third kappa shape index (κ3) is 4.82. The minimum Gasteiger partial charge on any atom is -0.382 e. The van der Waals surface area contributed by atoms with Crippen LogP contribution in [0.1, 0.15) is 15.9 Å². The Morgan fingerprint density at radius 1 is 1.27 bits per heavy atom. The van der Waals surface area contributed by atoms with Gasteiger partial charge in [0.25, 0.3) is 11.6 Å². The Bertz CT molecular complexity index is 986. The molecule has 0 saturated carbocycles. The number of nitrogens with one attached hydrogen (secondary N) is 2. The number of hydrogen-bond acceptors (Lipinski definition) is 7. The van der Waals surface area contributed by atoms with Crippen LogP contribution in [-0.4, -0.2) is 50.2 Å². The van der Waals surface area contributed by atoms with Crippen molar-refractivity contribution >= 4 is 23.0 Å². The molecule has 2 aromatic rings. The summed E-state index contributed by atoms with van der Waals surface area (Å²) in [5.41, 5.74) is 0.864. The van der Waals surface area contributed by atoms with Gasteiger partial charge in [0.05, 0.1) is 35.1 Å². The summed E-state index contributed by atoms with van der Waals surface area (Å²) < 4.78 is 19.0. The van der Waals surface area contributed by atoms with Crippen molar-refractivity contribution in [2.75, 3.05) is 49.6 Å².